The molecule has 0 spiro atoms. The lowest BCUT2D eigenvalue weighted by molar-refractivity contribution is 0.186. The molecule has 7 heteroatoms. The highest BCUT2D eigenvalue weighted by molar-refractivity contribution is 5.74. The number of carbonyl (C=O) groups excluding carboxylic acids is 1. The van der Waals surface area contributed by atoms with E-state index in [1.807, 2.05) is 0 Å². The van der Waals surface area contributed by atoms with Crippen LogP contribution in [0.25, 0.3) is 0 Å². The van der Waals surface area contributed by atoms with Crippen molar-refractivity contribution in [3.05, 3.63) is 35.4 Å². The van der Waals surface area contributed by atoms with Crippen LogP contribution in [0.15, 0.2) is 18.2 Å². The Morgan fingerprint density at radius 3 is 2.65 bits per heavy atom. The van der Waals surface area contributed by atoms with E-state index < -0.39 is 11.6 Å². The van der Waals surface area contributed by atoms with Gasteiger partial charge in [0.05, 0.1) is 0 Å². The molecule has 0 aromatic heterocycles. The fourth-order valence-electron chi connectivity index (χ4n) is 2.65. The first kappa shape index (κ1) is 17.6. The molecule has 5 nitrogen and oxygen atoms in total. The lowest BCUT2D eigenvalue weighted by Crippen LogP contribution is -2.47. The zero-order chi connectivity index (χ0) is 16.7. The summed E-state index contributed by atoms with van der Waals surface area (Å²) in [5.74, 6) is -1.65. The minimum Gasteiger partial charge on any atom is -0.396 e. The van der Waals surface area contributed by atoms with Crippen molar-refractivity contribution in [2.45, 2.75) is 31.8 Å². The predicted molar refractivity (Wildman–Crippen MR) is 82.9 cm³/mol. The lowest BCUT2D eigenvalue weighted by atomic mass is 10.0. The summed E-state index contributed by atoms with van der Waals surface area (Å²) in [5, 5.41) is 14.3. The van der Waals surface area contributed by atoms with Crippen LogP contribution in [0.4, 0.5) is 13.6 Å². The Balaban J connectivity index is 1.71. The van der Waals surface area contributed by atoms with Gasteiger partial charge in [0.2, 0.25) is 0 Å². The second kappa shape index (κ2) is 8.79. The van der Waals surface area contributed by atoms with Crippen LogP contribution in [0.1, 0.15) is 24.8 Å². The fourth-order valence-corrected chi connectivity index (χ4v) is 2.65. The number of amides is 2. The zero-order valence-electron chi connectivity index (χ0n) is 13.0. The second-order valence-corrected chi connectivity index (χ2v) is 5.78. The van der Waals surface area contributed by atoms with Crippen LogP contribution in [0.3, 0.4) is 0 Å². The molecule has 2 rings (SSSR count). The van der Waals surface area contributed by atoms with Crippen molar-refractivity contribution < 1.29 is 18.7 Å². The van der Waals surface area contributed by atoms with Crippen LogP contribution in [0.5, 0.6) is 0 Å². The summed E-state index contributed by atoms with van der Waals surface area (Å²) in [6.07, 6.45) is 2.17. The van der Waals surface area contributed by atoms with Gasteiger partial charge in [0.1, 0.15) is 0 Å². The molecule has 23 heavy (non-hydrogen) atoms. The number of hydrogen-bond donors (Lipinski definition) is 3. The minimum atomic E-state index is -0.830. The predicted octanol–water partition coefficient (Wildman–Crippen LogP) is 1.61. The van der Waals surface area contributed by atoms with E-state index >= 15 is 0 Å². The number of urea groups is 1. The van der Waals surface area contributed by atoms with Crippen LogP contribution in [0.2, 0.25) is 0 Å². The number of nitrogens with one attached hydrogen (secondary N) is 2. The molecule has 0 saturated carbocycles. The SMILES string of the molecule is O=C(NCCCO)NC1CCN(Cc2ccc(F)c(F)c2)CC1. The molecule has 0 aliphatic carbocycles. The van der Waals surface area contributed by atoms with Crippen molar-refractivity contribution in [1.82, 2.24) is 15.5 Å². The summed E-state index contributed by atoms with van der Waals surface area (Å²) in [6, 6.07) is 3.88. The molecule has 1 aliphatic heterocycles. The second-order valence-electron chi connectivity index (χ2n) is 5.78. The van der Waals surface area contributed by atoms with Gasteiger partial charge >= 0.3 is 6.03 Å². The van der Waals surface area contributed by atoms with Crippen LogP contribution in [-0.2, 0) is 6.54 Å². The molecule has 3 N–H and O–H groups in total. The minimum absolute atomic E-state index is 0.0582. The summed E-state index contributed by atoms with van der Waals surface area (Å²) in [5.41, 5.74) is 0.747. The number of benzene rings is 1. The van der Waals surface area contributed by atoms with Crippen molar-refractivity contribution in [3.63, 3.8) is 0 Å². The van der Waals surface area contributed by atoms with Crippen LogP contribution in [-0.4, -0.2) is 48.3 Å². The summed E-state index contributed by atoms with van der Waals surface area (Å²) >= 11 is 0. The third-order valence-electron chi connectivity index (χ3n) is 3.93. The summed E-state index contributed by atoms with van der Waals surface area (Å²) < 4.78 is 26.1. The highest BCUT2D eigenvalue weighted by Crippen LogP contribution is 2.15. The number of likely N-dealkylation sites (tertiary alicyclic amines) is 1. The molecule has 1 heterocycles. The van der Waals surface area contributed by atoms with Gasteiger partial charge in [0.25, 0.3) is 0 Å². The summed E-state index contributed by atoms with van der Waals surface area (Å²) in [7, 11) is 0. The van der Waals surface area contributed by atoms with E-state index in [0.717, 1.165) is 37.6 Å². The Kier molecular flexibility index (Phi) is 6.73. The number of nitrogens with zero attached hydrogens (tertiary/aromatic N) is 1. The van der Waals surface area contributed by atoms with E-state index in [4.69, 9.17) is 5.11 Å². The first-order valence-corrected chi connectivity index (χ1v) is 7.90. The maximum absolute atomic E-state index is 13.2. The highest BCUT2D eigenvalue weighted by atomic mass is 19.2. The molecule has 1 fully saturated rings. The zero-order valence-corrected chi connectivity index (χ0v) is 13.0. The van der Waals surface area contributed by atoms with Crippen molar-refractivity contribution in [2.24, 2.45) is 0 Å². The first-order valence-electron chi connectivity index (χ1n) is 7.90. The van der Waals surface area contributed by atoms with E-state index in [9.17, 15) is 13.6 Å². The molecule has 2 amide bonds. The first-order chi connectivity index (χ1) is 11.1. The van der Waals surface area contributed by atoms with Gasteiger partial charge in [-0.1, -0.05) is 6.07 Å². The largest absolute Gasteiger partial charge is 0.396 e. The van der Waals surface area contributed by atoms with Gasteiger partial charge in [-0.15, -0.1) is 0 Å². The molecule has 1 aliphatic rings. The number of aliphatic hydroxyl groups excluding tert-OH is 1. The maximum atomic E-state index is 13.2. The molecule has 128 valence electrons. The van der Waals surface area contributed by atoms with Crippen LogP contribution >= 0.6 is 0 Å². The topological polar surface area (TPSA) is 64.6 Å². The maximum Gasteiger partial charge on any atom is 0.315 e. The average molecular weight is 327 g/mol. The molecule has 0 atom stereocenters. The summed E-state index contributed by atoms with van der Waals surface area (Å²) in [4.78, 5) is 13.8. The number of aliphatic hydroxyl groups is 1. The molecular formula is C16H23F2N3O2. The van der Waals surface area contributed by atoms with Gasteiger partial charge in [-0.2, -0.15) is 0 Å². The Hall–Kier alpha value is -1.73. The van der Waals surface area contributed by atoms with Crippen LogP contribution in [0, 0.1) is 11.6 Å². The van der Waals surface area contributed by atoms with Crippen LogP contribution < -0.4 is 10.6 Å². The Bertz CT molecular complexity index is 520. The third-order valence-corrected chi connectivity index (χ3v) is 3.93. The molecule has 1 saturated heterocycles. The van der Waals surface area contributed by atoms with Gasteiger partial charge < -0.3 is 15.7 Å². The average Bonchev–Trinajstić information content (AvgIpc) is 2.53. The van der Waals surface area contributed by atoms with E-state index in [1.165, 1.54) is 6.07 Å². The highest BCUT2D eigenvalue weighted by Gasteiger charge is 2.20. The molecular weight excluding hydrogens is 304 g/mol. The van der Waals surface area contributed by atoms with Gasteiger partial charge in [-0.3, -0.25) is 4.90 Å². The van der Waals surface area contributed by atoms with Gasteiger partial charge in [-0.05, 0) is 37.0 Å². The fraction of sp³-hybridized carbons (Fsp3) is 0.562. The number of carbonyl (C=O) groups is 1. The molecule has 1 aromatic carbocycles. The van der Waals surface area contributed by atoms with E-state index in [1.54, 1.807) is 6.07 Å². The van der Waals surface area contributed by atoms with Gasteiger partial charge in [-0.25, -0.2) is 13.6 Å². The molecule has 0 bridgehead atoms. The Morgan fingerprint density at radius 1 is 1.26 bits per heavy atom. The normalized spacial score (nSPS) is 16.3. The van der Waals surface area contributed by atoms with Crippen molar-refractivity contribution in [1.29, 1.82) is 0 Å². The van der Waals surface area contributed by atoms with E-state index in [-0.39, 0.29) is 18.7 Å². The number of halogens is 2. The number of piperidine rings is 1. The van der Waals surface area contributed by atoms with Gasteiger partial charge in [0, 0.05) is 38.8 Å². The van der Waals surface area contributed by atoms with Crippen molar-refractivity contribution in [3.8, 4) is 0 Å². The van der Waals surface area contributed by atoms with Crippen molar-refractivity contribution >= 4 is 6.03 Å². The third kappa shape index (κ3) is 5.76. The lowest BCUT2D eigenvalue weighted by Gasteiger charge is -2.32. The number of hydrogen-bond acceptors (Lipinski definition) is 3. The van der Waals surface area contributed by atoms with E-state index in [0.29, 0.717) is 19.5 Å². The van der Waals surface area contributed by atoms with Gasteiger partial charge in [0.15, 0.2) is 11.6 Å². The van der Waals surface area contributed by atoms with E-state index in [2.05, 4.69) is 15.5 Å². The molecule has 1 aromatic rings. The standard InChI is InChI=1S/C16H23F2N3O2/c17-14-3-2-12(10-15(14)18)11-21-7-4-13(5-8-21)20-16(23)19-6-1-9-22/h2-3,10,13,22H,1,4-9,11H2,(H2,19,20,23). The monoisotopic (exact) mass is 327 g/mol. The molecule has 0 unspecified atom stereocenters. The Morgan fingerprint density at radius 2 is 2.00 bits per heavy atom. The Labute approximate surface area is 134 Å². The molecule has 0 radical (unpaired) electrons. The van der Waals surface area contributed by atoms with Crippen molar-refractivity contribution in [2.75, 3.05) is 26.2 Å². The summed E-state index contributed by atoms with van der Waals surface area (Å²) in [6.45, 7) is 2.67. The smallest absolute Gasteiger partial charge is 0.315 e. The quantitative estimate of drug-likeness (QED) is 0.696. The number of rotatable bonds is 6.